The molecule has 7 amide bonds. The van der Waals surface area contributed by atoms with Gasteiger partial charge in [-0.1, -0.05) is 137 Å². The van der Waals surface area contributed by atoms with Crippen LogP contribution >= 0.6 is 0 Å². The fourth-order valence-corrected chi connectivity index (χ4v) is 14.9. The normalized spacial score (nSPS) is 27.4. The molecule has 0 aromatic carbocycles. The van der Waals surface area contributed by atoms with E-state index >= 15 is 24.0 Å². The van der Waals surface area contributed by atoms with Crippen molar-refractivity contribution in [1.29, 1.82) is 0 Å². The SMILES string of the molecule is CC[C@@H]1NC(=O)[C@@H]2C([C@H](C)CCCCCN3CCOCC3)ON2C(=O)[C@H](C(C)C)N(C)C(=O)[C@H](CC(C)C)CC(=O)[C@H](CC(C)C)N(C)C(=O)[C@@H](C)NC(=O)[C@H](C)CC(=O)[C@H](CC(C)C)N(C)C(=O)[C@H](C(C)C)CC(=O)[C@H](C(C)(C)CN(C)C(=O)[C@@H](CC(=O)OC)C(C)C)CC(=O)[C@@H](C)CC1=O. The first-order valence-corrected chi connectivity index (χ1v) is 38.1. The lowest BCUT2D eigenvalue weighted by Crippen LogP contribution is -2.71. The molecule has 3 aliphatic heterocycles. The van der Waals surface area contributed by atoms with Crippen LogP contribution in [-0.4, -0.2) is 223 Å². The molecule has 24 nitrogen and oxygen atoms in total. The smallest absolute Gasteiger partial charge is 0.306 e. The second-order valence-electron chi connectivity index (χ2n) is 33.2. The van der Waals surface area contributed by atoms with E-state index in [9.17, 15) is 38.4 Å². The van der Waals surface area contributed by atoms with Gasteiger partial charge in [0.15, 0.2) is 23.4 Å². The number of likely N-dealkylation sites (N-methyl/N-ethyl adjacent to an activating group) is 3. The number of methoxy groups -OCH3 is 1. The zero-order valence-corrected chi connectivity index (χ0v) is 66.9. The lowest BCUT2D eigenvalue weighted by Gasteiger charge is -2.50. The number of carbonyl (C=O) groups excluding carboxylic acids is 13. The minimum atomic E-state index is -1.25. The van der Waals surface area contributed by atoms with Crippen molar-refractivity contribution in [3.8, 4) is 0 Å². The van der Waals surface area contributed by atoms with Crippen molar-refractivity contribution in [2.24, 2.45) is 82.3 Å². The highest BCUT2D eigenvalue weighted by atomic mass is 16.7. The summed E-state index contributed by atoms with van der Waals surface area (Å²) in [7, 11) is 7.28. The van der Waals surface area contributed by atoms with E-state index in [0.717, 1.165) is 44.0 Å². The van der Waals surface area contributed by atoms with Crippen LogP contribution in [0, 0.1) is 82.3 Å². The first-order valence-electron chi connectivity index (χ1n) is 38.1. The molecule has 0 radical (unpaired) electrons. The number of ketones is 5. The van der Waals surface area contributed by atoms with Crippen molar-refractivity contribution in [2.45, 2.75) is 264 Å². The second-order valence-corrected chi connectivity index (χ2v) is 33.2. The number of morpholine rings is 1. The number of Topliss-reactive ketones (excluding diaryl/α,β-unsaturated/α-hetero) is 5. The molecule has 3 saturated heterocycles. The summed E-state index contributed by atoms with van der Waals surface area (Å²) in [6.45, 7) is 37.9. The number of esters is 1. The van der Waals surface area contributed by atoms with E-state index < -0.39 is 172 Å². The summed E-state index contributed by atoms with van der Waals surface area (Å²) in [4.78, 5) is 205. The van der Waals surface area contributed by atoms with Gasteiger partial charge in [-0.15, -0.1) is 0 Å². The topological polar surface area (TPSA) is 293 Å². The number of ether oxygens (including phenoxy) is 2. The molecule has 2 N–H and O–H groups in total. The second kappa shape index (κ2) is 41.6. The van der Waals surface area contributed by atoms with Crippen molar-refractivity contribution in [1.82, 2.24) is 40.2 Å². The molecule has 0 spiro atoms. The average molecular weight is 1440 g/mol. The predicted octanol–water partition coefficient (Wildman–Crippen LogP) is 8.61. The Balaban J connectivity index is 2.30. The summed E-state index contributed by atoms with van der Waals surface area (Å²) in [6, 6.07) is -6.85. The number of amides is 7. The molecule has 102 heavy (non-hydrogen) atoms. The van der Waals surface area contributed by atoms with Crippen LogP contribution in [0.4, 0.5) is 0 Å². The number of rotatable bonds is 23. The van der Waals surface area contributed by atoms with Gasteiger partial charge in [-0.05, 0) is 98.8 Å². The van der Waals surface area contributed by atoms with Gasteiger partial charge < -0.3 is 39.7 Å². The van der Waals surface area contributed by atoms with Gasteiger partial charge in [-0.25, -0.2) is 5.06 Å². The van der Waals surface area contributed by atoms with Crippen molar-refractivity contribution in [3.63, 3.8) is 0 Å². The summed E-state index contributed by atoms with van der Waals surface area (Å²) in [5, 5.41) is 6.71. The molecule has 582 valence electrons. The van der Waals surface area contributed by atoms with E-state index in [4.69, 9.17) is 14.3 Å². The molecule has 3 rings (SSSR count). The third-order valence-corrected chi connectivity index (χ3v) is 21.4. The molecule has 3 fully saturated rings. The largest absolute Gasteiger partial charge is 0.469 e. The Morgan fingerprint density at radius 2 is 1.16 bits per heavy atom. The highest BCUT2D eigenvalue weighted by Crippen LogP contribution is 2.38. The Labute approximate surface area is 611 Å². The maximum absolute atomic E-state index is 15.4. The first-order chi connectivity index (χ1) is 47.4. The number of unbranched alkanes of at least 4 members (excludes halogenated alkanes) is 2. The van der Waals surface area contributed by atoms with Crippen LogP contribution < -0.4 is 10.6 Å². The van der Waals surface area contributed by atoms with Gasteiger partial charge in [-0.2, -0.15) is 0 Å². The number of fused-ring (bicyclic) bond motifs is 1. The number of hydrogen-bond acceptors (Lipinski definition) is 17. The lowest BCUT2D eigenvalue weighted by molar-refractivity contribution is -0.322. The summed E-state index contributed by atoms with van der Waals surface area (Å²) in [6.07, 6.45) is 1.30. The molecular formula is C78H134N8O16. The molecule has 0 aliphatic carbocycles. The number of hydrogen-bond donors (Lipinski definition) is 2. The standard InChI is InChI=1S/C78H134N8O16/c1-25-59-64(89)38-52(15)62(87)43-58(78(18,19)44-81(20)75(97)57(49(10)11)42-67(92)100-24)63(88)41-56(48(8)9)76(98)83(22)60(36-46(4)5)65(90)39-53(16)71(93)79-54(17)73(95)82(21)61(37-47(6)7)66(91)40-55(35-45(2)3)74(96)84(23)68(50(12)13)77(99)86-69(72(94)80-59)70(102-86)51(14)29-27-26-28-30-85-31-33-101-34-32-85/h45-61,68-70H,25-44H2,1-24H3,(H,79,93)(H,80,94)/t51-,52+,53-,54-,55-,56+,57+,58-,59+,60+,61+,68+,69+,70?/m1/s1. The minimum Gasteiger partial charge on any atom is -0.469 e. The minimum absolute atomic E-state index is 0.0713. The first kappa shape index (κ1) is 90.2. The molecule has 0 aromatic heterocycles. The van der Waals surface area contributed by atoms with Gasteiger partial charge >= 0.3 is 5.97 Å². The summed E-state index contributed by atoms with van der Waals surface area (Å²) in [5.41, 5.74) is -1.19. The van der Waals surface area contributed by atoms with Crippen molar-refractivity contribution >= 4 is 76.2 Å². The third-order valence-electron chi connectivity index (χ3n) is 21.4. The summed E-state index contributed by atoms with van der Waals surface area (Å²) >= 11 is 0. The van der Waals surface area contributed by atoms with E-state index in [-0.39, 0.29) is 99.8 Å². The Bertz CT molecular complexity index is 2850. The Morgan fingerprint density at radius 1 is 0.608 bits per heavy atom. The van der Waals surface area contributed by atoms with Gasteiger partial charge in [0.1, 0.15) is 29.8 Å². The van der Waals surface area contributed by atoms with Crippen molar-refractivity contribution in [2.75, 3.05) is 74.7 Å². The van der Waals surface area contributed by atoms with Gasteiger partial charge in [0, 0.05) is 110 Å². The highest BCUT2D eigenvalue weighted by Gasteiger charge is 2.54. The van der Waals surface area contributed by atoms with Crippen LogP contribution in [0.1, 0.15) is 221 Å². The molecule has 3 heterocycles. The molecule has 0 aromatic rings. The number of nitrogens with one attached hydrogen (secondary N) is 2. The monoisotopic (exact) mass is 1440 g/mol. The van der Waals surface area contributed by atoms with E-state index in [2.05, 4.69) is 15.5 Å². The number of carbonyl (C=O) groups is 13. The summed E-state index contributed by atoms with van der Waals surface area (Å²) < 4.78 is 10.5. The Hall–Kier alpha value is -6.01. The van der Waals surface area contributed by atoms with Gasteiger partial charge in [0.2, 0.25) is 35.4 Å². The van der Waals surface area contributed by atoms with Crippen LogP contribution in [0.3, 0.4) is 0 Å². The van der Waals surface area contributed by atoms with Crippen LogP contribution in [0.5, 0.6) is 0 Å². The molecule has 3 aliphatic rings. The zero-order chi connectivity index (χ0) is 77.7. The predicted molar refractivity (Wildman–Crippen MR) is 391 cm³/mol. The summed E-state index contributed by atoms with van der Waals surface area (Å²) in [5.74, 6) is -14.6. The Morgan fingerprint density at radius 3 is 1.68 bits per heavy atom. The van der Waals surface area contributed by atoms with Gasteiger partial charge in [0.25, 0.3) is 5.91 Å². The molecule has 1 unspecified atom stereocenters. The van der Waals surface area contributed by atoms with Crippen molar-refractivity contribution < 1.29 is 76.6 Å². The molecular weight excluding hydrogens is 1300 g/mol. The van der Waals surface area contributed by atoms with E-state index in [1.165, 1.54) is 54.8 Å². The highest BCUT2D eigenvalue weighted by molar-refractivity contribution is 6.00. The Kier molecular flexibility index (Phi) is 36.8. The maximum atomic E-state index is 15.4. The van der Waals surface area contributed by atoms with E-state index in [0.29, 0.717) is 19.6 Å². The average Bonchev–Trinajstić information content (AvgIpc) is 0.753. The van der Waals surface area contributed by atoms with Crippen LogP contribution in [0.2, 0.25) is 0 Å². The van der Waals surface area contributed by atoms with Gasteiger partial charge in [-0.3, -0.25) is 72.1 Å². The molecule has 0 bridgehead atoms. The van der Waals surface area contributed by atoms with Gasteiger partial charge in [0.05, 0.1) is 50.8 Å². The van der Waals surface area contributed by atoms with E-state index in [1.54, 1.807) is 69.4 Å². The number of hydroxylamine groups is 2. The van der Waals surface area contributed by atoms with Crippen LogP contribution in [-0.2, 0) is 76.6 Å². The molecule has 0 saturated carbocycles. The third kappa shape index (κ3) is 25.9. The van der Waals surface area contributed by atoms with Crippen LogP contribution in [0.15, 0.2) is 0 Å². The van der Waals surface area contributed by atoms with E-state index in [1.807, 2.05) is 62.3 Å². The lowest BCUT2D eigenvalue weighted by atomic mass is 9.70. The maximum Gasteiger partial charge on any atom is 0.306 e. The fourth-order valence-electron chi connectivity index (χ4n) is 14.9. The molecule has 24 heteroatoms. The zero-order valence-electron chi connectivity index (χ0n) is 66.9. The number of nitrogens with zero attached hydrogens (tertiary/aromatic N) is 6. The quantitative estimate of drug-likeness (QED) is 0.0714. The van der Waals surface area contributed by atoms with Crippen molar-refractivity contribution in [3.05, 3.63) is 0 Å². The van der Waals surface area contributed by atoms with Crippen LogP contribution in [0.25, 0.3) is 0 Å². The fraction of sp³-hybridized carbons (Fsp3) is 0.833. The molecule has 14 atom stereocenters.